The first kappa shape index (κ1) is 25.3. The molecule has 0 radical (unpaired) electrons. The number of hydrogen-bond donors (Lipinski definition) is 2. The van der Waals surface area contributed by atoms with Gasteiger partial charge < -0.3 is 20.0 Å². The van der Waals surface area contributed by atoms with Crippen molar-refractivity contribution in [3.63, 3.8) is 0 Å². The molecule has 2 aromatic heterocycles. The molecule has 1 aliphatic heterocycles. The smallest absolute Gasteiger partial charge is 0.406 e. The normalized spacial score (nSPS) is 15.7. The van der Waals surface area contributed by atoms with Crippen LogP contribution in [0.2, 0.25) is 5.02 Å². The molecule has 1 aromatic carbocycles. The van der Waals surface area contributed by atoms with E-state index in [0.717, 1.165) is 7.05 Å². The van der Waals surface area contributed by atoms with Crippen LogP contribution in [0.25, 0.3) is 5.65 Å². The molecule has 0 saturated carbocycles. The molecule has 1 unspecified atom stereocenters. The van der Waals surface area contributed by atoms with Gasteiger partial charge in [0, 0.05) is 36.2 Å². The largest absolute Gasteiger partial charge is 0.496 e. The molecule has 1 aliphatic rings. The molecule has 0 bridgehead atoms. The summed E-state index contributed by atoms with van der Waals surface area (Å²) in [7, 11) is 2.52. The highest BCUT2D eigenvalue weighted by molar-refractivity contribution is 6.30. The predicted octanol–water partition coefficient (Wildman–Crippen LogP) is 2.54. The molecule has 0 aliphatic carbocycles. The summed E-state index contributed by atoms with van der Waals surface area (Å²) in [6, 6.07) is 5.81. The standard InChI is InChI=1S/C22H21ClF3N7O3/c1-31(12-22(24,25)26)18(34)11-32-10-16(19(30-32)14-8-13(23)4-5-17(14)36-2)29-21(35)15-9-28-33-7-3-6-27-20(15)33/h3-10,19,30H,11-12H2,1-2H3,(H,29,35). The van der Waals surface area contributed by atoms with Crippen molar-refractivity contribution in [2.24, 2.45) is 0 Å². The Hall–Kier alpha value is -3.84. The lowest BCUT2D eigenvalue weighted by Crippen LogP contribution is -2.44. The predicted molar refractivity (Wildman–Crippen MR) is 123 cm³/mol. The number of rotatable bonds is 7. The lowest BCUT2D eigenvalue weighted by Gasteiger charge is -2.24. The SMILES string of the molecule is COc1ccc(Cl)cc1C1NN(CC(=O)N(C)CC(F)(F)F)C=C1NC(=O)c1cnn2cccnc12. The van der Waals surface area contributed by atoms with E-state index in [-0.39, 0.29) is 5.56 Å². The minimum Gasteiger partial charge on any atom is -0.496 e. The van der Waals surface area contributed by atoms with Gasteiger partial charge >= 0.3 is 6.18 Å². The molecule has 2 N–H and O–H groups in total. The lowest BCUT2D eigenvalue weighted by molar-refractivity contribution is -0.159. The highest BCUT2D eigenvalue weighted by Crippen LogP contribution is 2.34. The number of carbonyl (C=O) groups excluding carboxylic acids is 2. The Balaban J connectivity index is 1.62. The number of aromatic nitrogens is 3. The van der Waals surface area contributed by atoms with Gasteiger partial charge in [0.1, 0.15) is 24.4 Å². The number of methoxy groups -OCH3 is 1. The number of nitrogens with one attached hydrogen (secondary N) is 2. The molecule has 2 amide bonds. The second-order valence-corrected chi connectivity index (χ2v) is 8.36. The van der Waals surface area contributed by atoms with Crippen LogP contribution >= 0.6 is 11.6 Å². The number of hydrazine groups is 1. The van der Waals surface area contributed by atoms with Gasteiger partial charge in [0.15, 0.2) is 5.65 Å². The Morgan fingerprint density at radius 3 is 2.83 bits per heavy atom. The van der Waals surface area contributed by atoms with Gasteiger partial charge in [0.2, 0.25) is 5.91 Å². The number of nitrogens with zero attached hydrogens (tertiary/aromatic N) is 5. The summed E-state index contributed by atoms with van der Waals surface area (Å²) in [5.41, 5.74) is 4.39. The van der Waals surface area contributed by atoms with Crippen molar-refractivity contribution in [1.82, 2.24) is 35.2 Å². The molecule has 0 saturated heterocycles. The maximum atomic E-state index is 13.1. The van der Waals surface area contributed by atoms with Crippen LogP contribution in [0.4, 0.5) is 13.2 Å². The summed E-state index contributed by atoms with van der Waals surface area (Å²) >= 11 is 6.19. The fraction of sp³-hybridized carbons (Fsp3) is 0.273. The van der Waals surface area contributed by atoms with E-state index in [0.29, 0.717) is 32.6 Å². The third-order valence-corrected chi connectivity index (χ3v) is 5.57. The molecule has 36 heavy (non-hydrogen) atoms. The average Bonchev–Trinajstić information content (AvgIpc) is 3.42. The van der Waals surface area contributed by atoms with Crippen molar-refractivity contribution in [2.75, 3.05) is 27.2 Å². The summed E-state index contributed by atoms with van der Waals surface area (Å²) in [5.74, 6) is -0.866. The summed E-state index contributed by atoms with van der Waals surface area (Å²) in [4.78, 5) is 30.3. The van der Waals surface area contributed by atoms with Crippen molar-refractivity contribution in [3.8, 4) is 5.75 Å². The number of ether oxygens (including phenoxy) is 1. The molecule has 190 valence electrons. The number of amides is 2. The van der Waals surface area contributed by atoms with Gasteiger partial charge in [-0.3, -0.25) is 9.59 Å². The first-order valence-electron chi connectivity index (χ1n) is 10.5. The van der Waals surface area contributed by atoms with Crippen LogP contribution < -0.4 is 15.5 Å². The molecule has 14 heteroatoms. The molecular weight excluding hydrogens is 503 g/mol. The number of hydrogen-bond acceptors (Lipinski definition) is 7. The molecule has 10 nitrogen and oxygen atoms in total. The van der Waals surface area contributed by atoms with Crippen LogP contribution in [0.5, 0.6) is 5.75 Å². The molecule has 0 fully saturated rings. The Labute approximate surface area is 208 Å². The minimum atomic E-state index is -4.53. The summed E-state index contributed by atoms with van der Waals surface area (Å²) in [6.07, 6.45) is 1.43. The zero-order valence-electron chi connectivity index (χ0n) is 19.1. The van der Waals surface area contributed by atoms with Crippen molar-refractivity contribution in [1.29, 1.82) is 0 Å². The third kappa shape index (κ3) is 5.52. The first-order valence-corrected chi connectivity index (χ1v) is 10.9. The Morgan fingerprint density at radius 2 is 2.11 bits per heavy atom. The minimum absolute atomic E-state index is 0.202. The van der Waals surface area contributed by atoms with Crippen LogP contribution in [0.1, 0.15) is 22.0 Å². The van der Waals surface area contributed by atoms with E-state index in [1.807, 2.05) is 0 Å². The fourth-order valence-corrected chi connectivity index (χ4v) is 3.87. The molecule has 3 heterocycles. The number of benzene rings is 1. The molecule has 0 spiro atoms. The summed E-state index contributed by atoms with van der Waals surface area (Å²) in [5, 5.41) is 8.58. The summed E-state index contributed by atoms with van der Waals surface area (Å²) in [6.45, 7) is -1.82. The topological polar surface area (TPSA) is 104 Å². The maximum absolute atomic E-state index is 13.1. The Bertz CT molecular complexity index is 1330. The van der Waals surface area contributed by atoms with E-state index in [1.165, 1.54) is 35.2 Å². The third-order valence-electron chi connectivity index (χ3n) is 5.33. The molecule has 4 rings (SSSR count). The second kappa shape index (κ2) is 10.0. The Morgan fingerprint density at radius 1 is 1.33 bits per heavy atom. The van der Waals surface area contributed by atoms with Crippen molar-refractivity contribution in [2.45, 2.75) is 12.2 Å². The number of carbonyl (C=O) groups is 2. The number of alkyl halides is 3. The van der Waals surface area contributed by atoms with Crippen molar-refractivity contribution < 1.29 is 27.5 Å². The monoisotopic (exact) mass is 523 g/mol. The second-order valence-electron chi connectivity index (χ2n) is 7.93. The lowest BCUT2D eigenvalue weighted by atomic mass is 10.0. The highest BCUT2D eigenvalue weighted by atomic mass is 35.5. The van der Waals surface area contributed by atoms with Gasteiger partial charge in [-0.15, -0.1) is 0 Å². The summed E-state index contributed by atoms with van der Waals surface area (Å²) < 4.78 is 45.0. The highest BCUT2D eigenvalue weighted by Gasteiger charge is 2.34. The van der Waals surface area contributed by atoms with E-state index in [4.69, 9.17) is 16.3 Å². The van der Waals surface area contributed by atoms with Gasteiger partial charge in [-0.1, -0.05) is 11.6 Å². The van der Waals surface area contributed by atoms with Gasteiger partial charge in [-0.05, 0) is 24.3 Å². The van der Waals surface area contributed by atoms with Crippen LogP contribution in [0, 0.1) is 0 Å². The quantitative estimate of drug-likeness (QED) is 0.490. The molecular formula is C22H21ClF3N7O3. The van der Waals surface area contributed by atoms with E-state index in [1.54, 1.807) is 30.5 Å². The van der Waals surface area contributed by atoms with Gasteiger partial charge in [-0.25, -0.2) is 14.9 Å². The van der Waals surface area contributed by atoms with E-state index in [2.05, 4.69) is 20.8 Å². The molecule has 1 atom stereocenters. The van der Waals surface area contributed by atoms with Crippen molar-refractivity contribution >= 4 is 29.1 Å². The van der Waals surface area contributed by atoms with E-state index < -0.39 is 37.1 Å². The van der Waals surface area contributed by atoms with E-state index >= 15 is 0 Å². The number of halogens is 4. The van der Waals surface area contributed by atoms with Crippen LogP contribution in [0.3, 0.4) is 0 Å². The van der Waals surface area contributed by atoms with E-state index in [9.17, 15) is 22.8 Å². The van der Waals surface area contributed by atoms with Crippen LogP contribution in [0.15, 0.2) is 54.8 Å². The van der Waals surface area contributed by atoms with Gasteiger partial charge in [0.05, 0.1) is 25.0 Å². The molecule has 3 aromatic rings. The Kier molecular flexibility index (Phi) is 7.04. The first-order chi connectivity index (χ1) is 17.1. The fourth-order valence-electron chi connectivity index (χ4n) is 3.69. The maximum Gasteiger partial charge on any atom is 0.406 e. The zero-order chi connectivity index (χ0) is 26.0. The number of fused-ring (bicyclic) bond motifs is 1. The zero-order valence-corrected chi connectivity index (χ0v) is 19.8. The average molecular weight is 524 g/mol. The van der Waals surface area contributed by atoms with Crippen molar-refractivity contribution in [3.05, 3.63) is 70.9 Å². The van der Waals surface area contributed by atoms with Gasteiger partial charge in [0.25, 0.3) is 5.91 Å². The van der Waals surface area contributed by atoms with Gasteiger partial charge in [-0.2, -0.15) is 18.3 Å². The number of likely N-dealkylation sites (N-methyl/N-ethyl adjacent to an activating group) is 1. The van der Waals surface area contributed by atoms with Crippen LogP contribution in [-0.4, -0.2) is 69.7 Å². The van der Waals surface area contributed by atoms with Crippen LogP contribution in [-0.2, 0) is 4.79 Å².